The molecule has 1 aromatic rings. The number of hydrogen-bond acceptors (Lipinski definition) is 3. The van der Waals surface area contributed by atoms with Crippen LogP contribution in [0, 0.1) is 0 Å². The maximum atomic E-state index is 10.8. The minimum atomic E-state index is -0.899. The summed E-state index contributed by atoms with van der Waals surface area (Å²) < 4.78 is 0. The molecule has 1 aromatic carbocycles. The number of aromatic carboxylic acids is 1. The summed E-state index contributed by atoms with van der Waals surface area (Å²) in [6.07, 6.45) is 4.33. The Kier molecular flexibility index (Phi) is 5.87. The van der Waals surface area contributed by atoms with Crippen molar-refractivity contribution in [3.63, 3.8) is 0 Å². The van der Waals surface area contributed by atoms with E-state index in [0.717, 1.165) is 29.6 Å². The molecule has 0 radical (unpaired) electrons. The van der Waals surface area contributed by atoms with E-state index in [1.807, 2.05) is 18.2 Å². The van der Waals surface area contributed by atoms with Gasteiger partial charge in [-0.25, -0.2) is 4.79 Å². The van der Waals surface area contributed by atoms with Crippen LogP contribution < -0.4 is 0 Å². The Morgan fingerprint density at radius 2 is 2.00 bits per heavy atom. The Morgan fingerprint density at radius 3 is 2.57 bits per heavy atom. The van der Waals surface area contributed by atoms with Crippen molar-refractivity contribution in [2.45, 2.75) is 19.4 Å². The van der Waals surface area contributed by atoms with Crippen LogP contribution >= 0.6 is 11.8 Å². The van der Waals surface area contributed by atoms with Gasteiger partial charge in [0.1, 0.15) is 0 Å². The maximum Gasteiger partial charge on any atom is 0.335 e. The van der Waals surface area contributed by atoms with Gasteiger partial charge in [0, 0.05) is 18.8 Å². The lowest BCUT2D eigenvalue weighted by Gasteiger charge is -2.19. The summed E-state index contributed by atoms with van der Waals surface area (Å²) in [5, 5.41) is 9.95. The van der Waals surface area contributed by atoms with Crippen molar-refractivity contribution in [3.05, 3.63) is 48.0 Å². The number of carboxylic acids is 1. The number of rotatable bonds is 5. The second-order valence-corrected chi connectivity index (χ2v) is 5.88. The molecule has 1 N–H and O–H groups in total. The molecule has 0 unspecified atom stereocenters. The summed E-state index contributed by atoms with van der Waals surface area (Å²) in [6, 6.07) is 6.90. The highest BCUT2D eigenvalue weighted by atomic mass is 32.2. The maximum absolute atomic E-state index is 10.8. The molecule has 0 spiro atoms. The predicted octanol–water partition coefficient (Wildman–Crippen LogP) is 3.26. The molecule has 0 saturated carbocycles. The molecular formula is C16H20N2O2S. The SMILES string of the molecule is C=CCSC(=NCc1ccc(C(=O)O)cc1)N1CCCC1. The number of nitrogens with zero attached hydrogens (tertiary/aromatic N) is 2. The van der Waals surface area contributed by atoms with Crippen LogP contribution in [0.3, 0.4) is 0 Å². The molecule has 0 aromatic heterocycles. The molecule has 0 bridgehead atoms. The van der Waals surface area contributed by atoms with Gasteiger partial charge in [0.2, 0.25) is 0 Å². The van der Waals surface area contributed by atoms with E-state index in [1.165, 1.54) is 12.8 Å². The summed E-state index contributed by atoms with van der Waals surface area (Å²) in [7, 11) is 0. The monoisotopic (exact) mass is 304 g/mol. The minimum absolute atomic E-state index is 0.309. The van der Waals surface area contributed by atoms with Crippen LogP contribution in [0.1, 0.15) is 28.8 Å². The Labute approximate surface area is 129 Å². The van der Waals surface area contributed by atoms with Crippen LogP contribution in [0.25, 0.3) is 0 Å². The van der Waals surface area contributed by atoms with Crippen molar-refractivity contribution in [1.29, 1.82) is 0 Å². The summed E-state index contributed by atoms with van der Waals surface area (Å²) in [6.45, 7) is 6.47. The highest BCUT2D eigenvalue weighted by molar-refractivity contribution is 8.13. The van der Waals surface area contributed by atoms with E-state index >= 15 is 0 Å². The molecule has 1 aliphatic heterocycles. The first kappa shape index (κ1) is 15.6. The Hall–Kier alpha value is -1.75. The normalized spacial score (nSPS) is 15.2. The molecule has 2 rings (SSSR count). The van der Waals surface area contributed by atoms with Crippen molar-refractivity contribution in [3.8, 4) is 0 Å². The molecule has 1 fully saturated rings. The zero-order valence-corrected chi connectivity index (χ0v) is 12.8. The molecule has 1 aliphatic rings. The van der Waals surface area contributed by atoms with Gasteiger partial charge in [-0.1, -0.05) is 30.0 Å². The zero-order chi connectivity index (χ0) is 15.1. The molecule has 1 heterocycles. The minimum Gasteiger partial charge on any atom is -0.478 e. The van der Waals surface area contributed by atoms with Crippen molar-refractivity contribution >= 4 is 22.9 Å². The average Bonchev–Trinajstić information content (AvgIpc) is 3.02. The van der Waals surface area contributed by atoms with E-state index in [9.17, 15) is 4.79 Å². The van der Waals surface area contributed by atoms with E-state index in [-0.39, 0.29) is 0 Å². The number of thioether (sulfide) groups is 1. The summed E-state index contributed by atoms with van der Waals surface area (Å²) in [5.74, 6) is -0.0443. The summed E-state index contributed by atoms with van der Waals surface area (Å²) >= 11 is 1.71. The zero-order valence-electron chi connectivity index (χ0n) is 12.0. The van der Waals surface area contributed by atoms with Crippen LogP contribution in [0.4, 0.5) is 0 Å². The average molecular weight is 304 g/mol. The van der Waals surface area contributed by atoms with Gasteiger partial charge in [0.05, 0.1) is 12.1 Å². The highest BCUT2D eigenvalue weighted by Crippen LogP contribution is 2.17. The predicted molar refractivity (Wildman–Crippen MR) is 88.0 cm³/mol. The Morgan fingerprint density at radius 1 is 1.33 bits per heavy atom. The first-order valence-electron chi connectivity index (χ1n) is 7.06. The van der Waals surface area contributed by atoms with Crippen LogP contribution in [-0.2, 0) is 6.54 Å². The van der Waals surface area contributed by atoms with Gasteiger partial charge in [-0.15, -0.1) is 6.58 Å². The fourth-order valence-electron chi connectivity index (χ4n) is 2.19. The quantitative estimate of drug-likeness (QED) is 0.515. The van der Waals surface area contributed by atoms with E-state index in [4.69, 9.17) is 10.1 Å². The van der Waals surface area contributed by atoms with E-state index < -0.39 is 5.97 Å². The summed E-state index contributed by atoms with van der Waals surface area (Å²) in [5.41, 5.74) is 1.33. The van der Waals surface area contributed by atoms with Crippen molar-refractivity contribution in [1.82, 2.24) is 4.90 Å². The van der Waals surface area contributed by atoms with Gasteiger partial charge in [-0.3, -0.25) is 4.99 Å². The third-order valence-corrected chi connectivity index (χ3v) is 4.35. The topological polar surface area (TPSA) is 52.9 Å². The molecule has 5 heteroatoms. The van der Waals surface area contributed by atoms with Gasteiger partial charge >= 0.3 is 5.97 Å². The molecule has 0 amide bonds. The van der Waals surface area contributed by atoms with Gasteiger partial charge < -0.3 is 10.0 Å². The first-order chi connectivity index (χ1) is 10.2. The Bertz CT molecular complexity index is 520. The largest absolute Gasteiger partial charge is 0.478 e. The molecular weight excluding hydrogens is 284 g/mol. The number of carbonyl (C=O) groups is 1. The number of benzene rings is 1. The Balaban J connectivity index is 2.03. The third-order valence-electron chi connectivity index (χ3n) is 3.30. The lowest BCUT2D eigenvalue weighted by atomic mass is 10.1. The van der Waals surface area contributed by atoms with Gasteiger partial charge in [-0.05, 0) is 30.5 Å². The number of carboxylic acid groups (broad SMARTS) is 1. The van der Waals surface area contributed by atoms with Crippen molar-refractivity contribution < 1.29 is 9.90 Å². The fraction of sp³-hybridized carbons (Fsp3) is 0.375. The van der Waals surface area contributed by atoms with E-state index in [0.29, 0.717) is 12.1 Å². The van der Waals surface area contributed by atoms with E-state index in [1.54, 1.807) is 23.9 Å². The second kappa shape index (κ2) is 7.88. The number of amidine groups is 1. The van der Waals surface area contributed by atoms with Crippen LogP contribution in [0.15, 0.2) is 41.9 Å². The third kappa shape index (κ3) is 4.63. The molecule has 21 heavy (non-hydrogen) atoms. The van der Waals surface area contributed by atoms with Gasteiger partial charge in [-0.2, -0.15) is 0 Å². The highest BCUT2D eigenvalue weighted by Gasteiger charge is 2.16. The molecule has 0 atom stereocenters. The molecule has 112 valence electrons. The number of hydrogen-bond donors (Lipinski definition) is 1. The van der Waals surface area contributed by atoms with Crippen LogP contribution in [-0.4, -0.2) is 40.0 Å². The lowest BCUT2D eigenvalue weighted by Crippen LogP contribution is -2.25. The van der Waals surface area contributed by atoms with Crippen molar-refractivity contribution in [2.75, 3.05) is 18.8 Å². The first-order valence-corrected chi connectivity index (χ1v) is 8.04. The van der Waals surface area contributed by atoms with E-state index in [2.05, 4.69) is 11.5 Å². The van der Waals surface area contributed by atoms with Gasteiger partial charge in [0.15, 0.2) is 5.17 Å². The van der Waals surface area contributed by atoms with Crippen LogP contribution in [0.2, 0.25) is 0 Å². The molecule has 0 aliphatic carbocycles. The number of likely N-dealkylation sites (tertiary alicyclic amines) is 1. The summed E-state index contributed by atoms with van der Waals surface area (Å²) in [4.78, 5) is 17.8. The fourth-order valence-corrected chi connectivity index (χ4v) is 2.98. The van der Waals surface area contributed by atoms with Gasteiger partial charge in [0.25, 0.3) is 0 Å². The van der Waals surface area contributed by atoms with Crippen molar-refractivity contribution in [2.24, 2.45) is 4.99 Å². The smallest absolute Gasteiger partial charge is 0.335 e. The van der Waals surface area contributed by atoms with Crippen LogP contribution in [0.5, 0.6) is 0 Å². The molecule has 4 nitrogen and oxygen atoms in total. The standard InChI is InChI=1S/C16H20N2O2S/c1-2-11-21-16(18-9-3-4-10-18)17-12-13-5-7-14(8-6-13)15(19)20/h2,5-8H,1,3-4,9-12H2,(H,19,20). The molecule has 1 saturated heterocycles. The second-order valence-electron chi connectivity index (χ2n) is 4.89. The lowest BCUT2D eigenvalue weighted by molar-refractivity contribution is 0.0697. The number of aliphatic imine (C=N–C) groups is 1.